The number of thiophene rings is 1. The molecule has 1 unspecified atom stereocenters. The molecule has 1 atom stereocenters. The third-order valence-corrected chi connectivity index (χ3v) is 8.06. The monoisotopic (exact) mass is 447 g/mol. The third kappa shape index (κ3) is 4.56. The summed E-state index contributed by atoms with van der Waals surface area (Å²) in [6, 6.07) is 22.9. The van der Waals surface area contributed by atoms with Gasteiger partial charge in [-0.05, 0) is 42.0 Å². The van der Waals surface area contributed by atoms with E-state index in [1.54, 1.807) is 22.7 Å². The van der Waals surface area contributed by atoms with Crippen LogP contribution in [0.15, 0.2) is 72.1 Å². The summed E-state index contributed by atoms with van der Waals surface area (Å²) in [6.45, 7) is 1.95. The smallest absolute Gasteiger partial charge is 0.236 e. The van der Waals surface area contributed by atoms with Gasteiger partial charge in [0.05, 0.1) is 27.8 Å². The van der Waals surface area contributed by atoms with Crippen LogP contribution in [0.1, 0.15) is 40.2 Å². The minimum atomic E-state index is 0.0467. The molecule has 0 saturated carbocycles. The summed E-state index contributed by atoms with van der Waals surface area (Å²) in [7, 11) is 0. The number of rotatable bonds is 6. The van der Waals surface area contributed by atoms with Gasteiger partial charge in [-0.2, -0.15) is 0 Å². The Bertz CT molecular complexity index is 1100. The van der Waals surface area contributed by atoms with Crippen molar-refractivity contribution in [1.82, 2.24) is 15.2 Å². The standard InChI is InChI=1S/C25H25N3OS2/c29-23(17-26-24(22-11-6-16-30-22)18-7-2-1-3-8-18)28-14-12-19(13-15-28)25-27-20-9-4-5-10-21(20)31-25/h1-11,16,19,24,26H,12-15,17H2. The second-order valence-corrected chi connectivity index (χ2v) is 9.96. The maximum absolute atomic E-state index is 12.9. The van der Waals surface area contributed by atoms with E-state index in [4.69, 9.17) is 4.98 Å². The van der Waals surface area contributed by atoms with Gasteiger partial charge < -0.3 is 4.90 Å². The number of nitrogens with one attached hydrogen (secondary N) is 1. The molecule has 0 radical (unpaired) electrons. The molecule has 1 aliphatic rings. The summed E-state index contributed by atoms with van der Waals surface area (Å²) < 4.78 is 1.25. The Morgan fingerprint density at radius 1 is 1.03 bits per heavy atom. The Morgan fingerprint density at radius 2 is 1.81 bits per heavy atom. The molecule has 1 amide bonds. The Balaban J connectivity index is 1.19. The average molecular weight is 448 g/mol. The van der Waals surface area contributed by atoms with Gasteiger partial charge in [-0.25, -0.2) is 4.98 Å². The summed E-state index contributed by atoms with van der Waals surface area (Å²) in [4.78, 5) is 21.0. The number of hydrogen-bond donors (Lipinski definition) is 1. The quantitative estimate of drug-likeness (QED) is 0.428. The second-order valence-electron chi connectivity index (χ2n) is 7.91. The first kappa shape index (κ1) is 20.4. The van der Waals surface area contributed by atoms with Gasteiger partial charge in [-0.3, -0.25) is 10.1 Å². The summed E-state index contributed by atoms with van der Waals surface area (Å²) in [6.07, 6.45) is 1.97. The van der Waals surface area contributed by atoms with Crippen LogP contribution in [-0.2, 0) is 4.79 Å². The summed E-state index contributed by atoms with van der Waals surface area (Å²) >= 11 is 3.52. The van der Waals surface area contributed by atoms with Crippen LogP contribution >= 0.6 is 22.7 Å². The topological polar surface area (TPSA) is 45.2 Å². The number of carbonyl (C=O) groups excluding carboxylic acids is 1. The van der Waals surface area contributed by atoms with E-state index >= 15 is 0 Å². The number of thiazole rings is 1. The lowest BCUT2D eigenvalue weighted by atomic mass is 9.97. The Kier molecular flexibility index (Phi) is 6.11. The van der Waals surface area contributed by atoms with E-state index in [2.05, 4.69) is 53.2 Å². The zero-order valence-electron chi connectivity index (χ0n) is 17.2. The Labute approximate surface area is 190 Å². The van der Waals surface area contributed by atoms with E-state index in [9.17, 15) is 4.79 Å². The van der Waals surface area contributed by atoms with E-state index in [1.165, 1.54) is 20.1 Å². The molecule has 3 heterocycles. The third-order valence-electron chi connectivity index (χ3n) is 5.93. The highest BCUT2D eigenvalue weighted by Gasteiger charge is 2.26. The van der Waals surface area contributed by atoms with Gasteiger partial charge in [0.2, 0.25) is 5.91 Å². The molecular weight excluding hydrogens is 422 g/mol. The molecule has 31 heavy (non-hydrogen) atoms. The van der Waals surface area contributed by atoms with Crippen LogP contribution in [-0.4, -0.2) is 35.4 Å². The number of fused-ring (bicyclic) bond motifs is 1. The normalized spacial score (nSPS) is 15.9. The van der Waals surface area contributed by atoms with Crippen molar-refractivity contribution in [2.75, 3.05) is 19.6 Å². The van der Waals surface area contributed by atoms with E-state index in [0.717, 1.165) is 31.4 Å². The Morgan fingerprint density at radius 3 is 2.55 bits per heavy atom. The fraction of sp³-hybridized carbons (Fsp3) is 0.280. The highest BCUT2D eigenvalue weighted by molar-refractivity contribution is 7.18. The molecule has 4 aromatic rings. The molecule has 0 bridgehead atoms. The molecule has 158 valence electrons. The molecule has 0 spiro atoms. The van der Waals surface area contributed by atoms with Gasteiger partial charge in [-0.15, -0.1) is 22.7 Å². The van der Waals surface area contributed by atoms with Crippen molar-refractivity contribution in [3.63, 3.8) is 0 Å². The number of likely N-dealkylation sites (tertiary alicyclic amines) is 1. The SMILES string of the molecule is O=C(CNC(c1ccccc1)c1cccs1)N1CCC(c2nc3ccccc3s2)CC1. The minimum absolute atomic E-state index is 0.0467. The predicted molar refractivity (Wildman–Crippen MR) is 129 cm³/mol. The summed E-state index contributed by atoms with van der Waals surface area (Å²) in [5.41, 5.74) is 2.28. The van der Waals surface area contributed by atoms with Crippen molar-refractivity contribution in [2.24, 2.45) is 0 Å². The van der Waals surface area contributed by atoms with Crippen molar-refractivity contribution in [2.45, 2.75) is 24.8 Å². The van der Waals surface area contributed by atoms with Crippen molar-refractivity contribution in [3.8, 4) is 0 Å². The number of benzene rings is 2. The van der Waals surface area contributed by atoms with Crippen LogP contribution in [0.3, 0.4) is 0 Å². The number of aromatic nitrogens is 1. The number of piperidine rings is 1. The molecular formula is C25H25N3OS2. The van der Waals surface area contributed by atoms with E-state index in [-0.39, 0.29) is 11.9 Å². The van der Waals surface area contributed by atoms with Gasteiger partial charge in [0.15, 0.2) is 0 Å². The van der Waals surface area contributed by atoms with Gasteiger partial charge in [0.1, 0.15) is 0 Å². The molecule has 1 fully saturated rings. The molecule has 1 N–H and O–H groups in total. The molecule has 2 aromatic heterocycles. The summed E-state index contributed by atoms with van der Waals surface area (Å²) in [5, 5.41) is 6.81. The van der Waals surface area contributed by atoms with Crippen LogP contribution in [0.5, 0.6) is 0 Å². The minimum Gasteiger partial charge on any atom is -0.342 e. The molecule has 1 aliphatic heterocycles. The zero-order valence-corrected chi connectivity index (χ0v) is 18.9. The van der Waals surface area contributed by atoms with Crippen LogP contribution in [0.4, 0.5) is 0 Å². The fourth-order valence-corrected chi connectivity index (χ4v) is 6.19. The van der Waals surface area contributed by atoms with E-state index < -0.39 is 0 Å². The molecule has 0 aliphatic carbocycles. The van der Waals surface area contributed by atoms with Gasteiger partial charge >= 0.3 is 0 Å². The maximum Gasteiger partial charge on any atom is 0.236 e. The lowest BCUT2D eigenvalue weighted by molar-refractivity contribution is -0.131. The first-order chi connectivity index (χ1) is 15.3. The second kappa shape index (κ2) is 9.30. The summed E-state index contributed by atoms with van der Waals surface area (Å²) in [5.74, 6) is 0.637. The number of nitrogens with zero attached hydrogens (tertiary/aromatic N) is 2. The highest BCUT2D eigenvalue weighted by Crippen LogP contribution is 2.34. The van der Waals surface area contributed by atoms with Crippen LogP contribution in [0.2, 0.25) is 0 Å². The first-order valence-corrected chi connectivity index (χ1v) is 12.4. The lowest BCUT2D eigenvalue weighted by Crippen LogP contribution is -2.43. The average Bonchev–Trinajstić information content (AvgIpc) is 3.50. The van der Waals surface area contributed by atoms with Crippen LogP contribution in [0.25, 0.3) is 10.2 Å². The maximum atomic E-state index is 12.9. The molecule has 5 rings (SSSR count). The fourth-order valence-electron chi connectivity index (χ4n) is 4.23. The number of amides is 1. The van der Waals surface area contributed by atoms with Crippen molar-refractivity contribution < 1.29 is 4.79 Å². The lowest BCUT2D eigenvalue weighted by Gasteiger charge is -2.31. The van der Waals surface area contributed by atoms with Gasteiger partial charge in [0, 0.05) is 23.9 Å². The van der Waals surface area contributed by atoms with E-state index in [0.29, 0.717) is 12.5 Å². The van der Waals surface area contributed by atoms with E-state index in [1.807, 2.05) is 29.2 Å². The van der Waals surface area contributed by atoms with Gasteiger partial charge in [-0.1, -0.05) is 48.5 Å². The Hall–Kier alpha value is -2.54. The van der Waals surface area contributed by atoms with Crippen molar-refractivity contribution in [3.05, 3.63) is 87.6 Å². The zero-order chi connectivity index (χ0) is 21.0. The van der Waals surface area contributed by atoms with Crippen LogP contribution in [0, 0.1) is 0 Å². The largest absolute Gasteiger partial charge is 0.342 e. The number of hydrogen-bond acceptors (Lipinski definition) is 5. The molecule has 4 nitrogen and oxygen atoms in total. The van der Waals surface area contributed by atoms with Crippen molar-refractivity contribution in [1.29, 1.82) is 0 Å². The highest BCUT2D eigenvalue weighted by atomic mass is 32.1. The number of carbonyl (C=O) groups is 1. The molecule has 2 aromatic carbocycles. The first-order valence-electron chi connectivity index (χ1n) is 10.7. The molecule has 6 heteroatoms. The predicted octanol–water partition coefficient (Wildman–Crippen LogP) is 5.44. The van der Waals surface area contributed by atoms with Crippen molar-refractivity contribution >= 4 is 38.8 Å². The molecule has 1 saturated heterocycles. The van der Waals surface area contributed by atoms with Crippen LogP contribution < -0.4 is 5.32 Å². The van der Waals surface area contributed by atoms with Gasteiger partial charge in [0.25, 0.3) is 0 Å². The number of para-hydroxylation sites is 1.